The predicted octanol–water partition coefficient (Wildman–Crippen LogP) is 2.70. The number of rotatable bonds is 5. The van der Waals surface area contributed by atoms with Crippen LogP contribution < -0.4 is 5.32 Å². The second kappa shape index (κ2) is 4.21. The molecule has 3 nitrogen and oxygen atoms in total. The van der Waals surface area contributed by atoms with Gasteiger partial charge in [-0.25, -0.2) is 4.98 Å². The first-order valence-electron chi connectivity index (χ1n) is 6.31. The summed E-state index contributed by atoms with van der Waals surface area (Å²) < 4.78 is 2.37. The van der Waals surface area contributed by atoms with Crippen molar-refractivity contribution in [2.45, 2.75) is 51.6 Å². The minimum Gasteiger partial charge on any atom is -0.330 e. The molecule has 0 aromatic carbocycles. The molecule has 2 unspecified atom stereocenters. The monoisotopic (exact) mass is 221 g/mol. The van der Waals surface area contributed by atoms with Crippen LogP contribution in [-0.2, 0) is 5.54 Å². The first-order valence-corrected chi connectivity index (χ1v) is 6.31. The highest BCUT2D eigenvalue weighted by atomic mass is 15.1. The first-order chi connectivity index (χ1) is 7.60. The van der Waals surface area contributed by atoms with Crippen molar-refractivity contribution >= 4 is 0 Å². The van der Waals surface area contributed by atoms with E-state index in [9.17, 15) is 0 Å². The zero-order valence-electron chi connectivity index (χ0n) is 10.8. The van der Waals surface area contributed by atoms with Crippen LogP contribution in [0.5, 0.6) is 0 Å². The molecule has 1 saturated carbocycles. The Labute approximate surface area is 98.3 Å². The molecule has 1 aliphatic carbocycles. The van der Waals surface area contributed by atoms with Crippen molar-refractivity contribution < 1.29 is 0 Å². The summed E-state index contributed by atoms with van der Waals surface area (Å²) >= 11 is 0. The summed E-state index contributed by atoms with van der Waals surface area (Å²) in [4.78, 5) is 4.32. The lowest BCUT2D eigenvalue weighted by Gasteiger charge is -2.25. The summed E-state index contributed by atoms with van der Waals surface area (Å²) in [6.45, 7) is 6.68. The van der Waals surface area contributed by atoms with E-state index in [1.54, 1.807) is 0 Å². The summed E-state index contributed by atoms with van der Waals surface area (Å²) in [7, 11) is 2.01. The van der Waals surface area contributed by atoms with Gasteiger partial charge < -0.3 is 9.88 Å². The number of imidazole rings is 1. The smallest absolute Gasteiger partial charge is 0.0951 e. The quantitative estimate of drug-likeness (QED) is 0.828. The van der Waals surface area contributed by atoms with Gasteiger partial charge in [0.1, 0.15) is 0 Å². The molecule has 1 N–H and O–H groups in total. The van der Waals surface area contributed by atoms with Crippen LogP contribution in [0.3, 0.4) is 0 Å². The number of nitrogens with one attached hydrogen (secondary N) is 1. The van der Waals surface area contributed by atoms with Gasteiger partial charge in [0.25, 0.3) is 0 Å². The second-order valence-electron chi connectivity index (χ2n) is 5.41. The van der Waals surface area contributed by atoms with Crippen molar-refractivity contribution in [1.82, 2.24) is 14.9 Å². The largest absolute Gasteiger partial charge is 0.330 e. The Kier molecular flexibility index (Phi) is 3.06. The van der Waals surface area contributed by atoms with Gasteiger partial charge in [-0.2, -0.15) is 0 Å². The van der Waals surface area contributed by atoms with Crippen LogP contribution in [0, 0.1) is 5.92 Å². The Hall–Kier alpha value is -0.830. The number of hydrogen-bond donors (Lipinski definition) is 1. The highest BCUT2D eigenvalue weighted by Gasteiger charge is 2.40. The van der Waals surface area contributed by atoms with Crippen molar-refractivity contribution in [1.29, 1.82) is 0 Å². The van der Waals surface area contributed by atoms with Gasteiger partial charge in [-0.3, -0.25) is 0 Å². The van der Waals surface area contributed by atoms with Gasteiger partial charge in [0.2, 0.25) is 0 Å². The first kappa shape index (κ1) is 11.6. The maximum Gasteiger partial charge on any atom is 0.0951 e. The third-order valence-corrected chi connectivity index (χ3v) is 3.83. The average molecular weight is 221 g/mol. The fourth-order valence-corrected chi connectivity index (χ4v) is 2.43. The van der Waals surface area contributed by atoms with Crippen LogP contribution in [0.1, 0.15) is 51.8 Å². The molecule has 0 aliphatic heterocycles. The minimum absolute atomic E-state index is 0.00978. The zero-order valence-corrected chi connectivity index (χ0v) is 10.8. The van der Waals surface area contributed by atoms with E-state index in [0.29, 0.717) is 6.04 Å². The van der Waals surface area contributed by atoms with Gasteiger partial charge in [0.15, 0.2) is 0 Å². The maximum absolute atomic E-state index is 4.32. The van der Waals surface area contributed by atoms with Gasteiger partial charge in [0.05, 0.1) is 23.8 Å². The highest BCUT2D eigenvalue weighted by molar-refractivity contribution is 5.14. The fourth-order valence-electron chi connectivity index (χ4n) is 2.43. The lowest BCUT2D eigenvalue weighted by molar-refractivity contribution is 0.404. The number of hydrogen-bond acceptors (Lipinski definition) is 2. The molecule has 1 heterocycles. The minimum atomic E-state index is 0.00978. The lowest BCUT2D eigenvalue weighted by atomic mass is 10.0. The Morgan fingerprint density at radius 1 is 1.56 bits per heavy atom. The van der Waals surface area contributed by atoms with Crippen molar-refractivity contribution in [2.24, 2.45) is 5.92 Å². The molecule has 0 bridgehead atoms. The average Bonchev–Trinajstić information content (AvgIpc) is 2.84. The molecule has 2 atom stereocenters. The molecule has 0 saturated heterocycles. The van der Waals surface area contributed by atoms with E-state index >= 15 is 0 Å². The van der Waals surface area contributed by atoms with Crippen molar-refractivity contribution in [3.63, 3.8) is 0 Å². The van der Waals surface area contributed by atoms with Crippen molar-refractivity contribution in [3.05, 3.63) is 18.2 Å². The Balaban J connectivity index is 2.15. The van der Waals surface area contributed by atoms with Gasteiger partial charge in [-0.15, -0.1) is 0 Å². The fraction of sp³-hybridized carbons (Fsp3) is 0.769. The summed E-state index contributed by atoms with van der Waals surface area (Å²) in [6, 6.07) is 0.699. The van der Waals surface area contributed by atoms with E-state index in [1.165, 1.54) is 25.0 Å². The molecule has 3 heteroatoms. The molecular weight excluding hydrogens is 198 g/mol. The predicted molar refractivity (Wildman–Crippen MR) is 66.4 cm³/mol. The van der Waals surface area contributed by atoms with Crippen LogP contribution in [0.15, 0.2) is 12.5 Å². The van der Waals surface area contributed by atoms with E-state index in [1.807, 2.05) is 19.6 Å². The summed E-state index contributed by atoms with van der Waals surface area (Å²) in [6.07, 6.45) is 7.96. The SMILES string of the molecule is CCCC1CC1n1cncc1C(C)(C)NC. The third kappa shape index (κ3) is 2.01. The van der Waals surface area contributed by atoms with Crippen LogP contribution in [0.4, 0.5) is 0 Å². The molecule has 1 fully saturated rings. The number of aromatic nitrogens is 2. The molecule has 0 radical (unpaired) electrons. The van der Waals surface area contributed by atoms with Gasteiger partial charge in [-0.1, -0.05) is 13.3 Å². The van der Waals surface area contributed by atoms with Crippen LogP contribution >= 0.6 is 0 Å². The van der Waals surface area contributed by atoms with Gasteiger partial charge >= 0.3 is 0 Å². The standard InChI is InChI=1S/C13H23N3/c1-5-6-10-7-11(10)16-9-15-8-12(16)13(2,3)14-4/h8-11,14H,5-7H2,1-4H3. The van der Waals surface area contributed by atoms with E-state index in [2.05, 4.69) is 35.6 Å². The van der Waals surface area contributed by atoms with Crippen molar-refractivity contribution in [2.75, 3.05) is 7.05 Å². The Morgan fingerprint density at radius 3 is 2.94 bits per heavy atom. The molecule has 90 valence electrons. The molecule has 0 amide bonds. The molecular formula is C13H23N3. The maximum atomic E-state index is 4.32. The molecule has 1 aliphatic rings. The normalized spacial score (nSPS) is 24.8. The Bertz CT molecular complexity index is 354. The van der Waals surface area contributed by atoms with E-state index < -0.39 is 0 Å². The lowest BCUT2D eigenvalue weighted by Crippen LogP contribution is -2.35. The molecule has 2 rings (SSSR count). The van der Waals surface area contributed by atoms with Gasteiger partial charge in [-0.05, 0) is 39.7 Å². The van der Waals surface area contributed by atoms with E-state index in [4.69, 9.17) is 0 Å². The van der Waals surface area contributed by atoms with Crippen LogP contribution in [0.25, 0.3) is 0 Å². The second-order valence-corrected chi connectivity index (χ2v) is 5.41. The van der Waals surface area contributed by atoms with E-state index in [0.717, 1.165) is 5.92 Å². The summed E-state index contributed by atoms with van der Waals surface area (Å²) in [5.41, 5.74) is 1.31. The summed E-state index contributed by atoms with van der Waals surface area (Å²) in [5.74, 6) is 0.880. The number of nitrogens with zero attached hydrogens (tertiary/aromatic N) is 2. The topological polar surface area (TPSA) is 29.9 Å². The van der Waals surface area contributed by atoms with Gasteiger partial charge in [0, 0.05) is 6.04 Å². The van der Waals surface area contributed by atoms with E-state index in [-0.39, 0.29) is 5.54 Å². The molecule has 16 heavy (non-hydrogen) atoms. The summed E-state index contributed by atoms with van der Waals surface area (Å²) in [5, 5.41) is 3.35. The van der Waals surface area contributed by atoms with Crippen LogP contribution in [-0.4, -0.2) is 16.6 Å². The molecule has 0 spiro atoms. The molecule has 1 aromatic rings. The third-order valence-electron chi connectivity index (χ3n) is 3.83. The highest BCUT2D eigenvalue weighted by Crippen LogP contribution is 2.47. The molecule has 1 aromatic heterocycles. The Morgan fingerprint density at radius 2 is 2.31 bits per heavy atom. The van der Waals surface area contributed by atoms with Crippen molar-refractivity contribution in [3.8, 4) is 0 Å². The van der Waals surface area contributed by atoms with Crippen LogP contribution in [0.2, 0.25) is 0 Å². The zero-order chi connectivity index (χ0) is 11.8.